The van der Waals surface area contributed by atoms with Crippen LogP contribution in [0.4, 0.5) is 0 Å². The molecule has 0 spiro atoms. The minimum absolute atomic E-state index is 0. The number of unbranched alkanes of at least 4 members (excludes halogenated alkanes) is 18. The molecule has 65 heavy (non-hydrogen) atoms. The Morgan fingerprint density at radius 1 is 0.569 bits per heavy atom. The number of hydrogen-bond donors (Lipinski definition) is 8. The van der Waals surface area contributed by atoms with Gasteiger partial charge in [-0.25, -0.2) is 0 Å². The zero-order chi connectivity index (χ0) is 46.6. The van der Waals surface area contributed by atoms with E-state index in [0.29, 0.717) is 25.9 Å². The van der Waals surface area contributed by atoms with Gasteiger partial charge in [0.1, 0.15) is 62.5 Å². The fraction of sp³-hybridized carbons (Fsp3) is 0.909. The topological polar surface area (TPSA) is 306 Å². The summed E-state index contributed by atoms with van der Waals surface area (Å²) in [4.78, 5) is 48.7. The number of carbonyl (C=O) groups is 4. The molecule has 0 unspecified atom stereocenters. The van der Waals surface area contributed by atoms with Gasteiger partial charge in [0.15, 0.2) is 6.29 Å². The van der Waals surface area contributed by atoms with Crippen LogP contribution in [0, 0.1) is 0 Å². The second-order valence-corrected chi connectivity index (χ2v) is 17.0. The van der Waals surface area contributed by atoms with Crippen LogP contribution in [0.1, 0.15) is 155 Å². The first kappa shape index (κ1) is 64.4. The van der Waals surface area contributed by atoms with Crippen molar-refractivity contribution in [2.24, 2.45) is 0 Å². The number of carboxylic acid groups (broad SMARTS) is 2. The van der Waals surface area contributed by atoms with E-state index in [1.807, 2.05) is 0 Å². The van der Waals surface area contributed by atoms with E-state index in [0.717, 1.165) is 51.4 Å². The Morgan fingerprint density at radius 3 is 1.34 bits per heavy atom. The van der Waals surface area contributed by atoms with Gasteiger partial charge in [0.25, 0.3) is 0 Å². The van der Waals surface area contributed by atoms with Gasteiger partial charge in [-0.15, -0.1) is 0 Å². The van der Waals surface area contributed by atoms with Gasteiger partial charge in [-0.05, 0) is 25.9 Å². The van der Waals surface area contributed by atoms with Crippen molar-refractivity contribution in [2.75, 3.05) is 32.9 Å². The van der Waals surface area contributed by atoms with Gasteiger partial charge >= 0.3 is 71.1 Å². The molecule has 11 atom stereocenters. The maximum atomic E-state index is 12.6. The molecule has 8 N–H and O–H groups in total. The molecule has 2 saturated heterocycles. The molecular formula is C44H78N2Na2O17. The van der Waals surface area contributed by atoms with Crippen molar-refractivity contribution < 1.29 is 143 Å². The first-order chi connectivity index (χ1) is 30.2. The minimum Gasteiger partial charge on any atom is -0.548 e. The molecule has 0 aromatic carbocycles. The molecule has 0 aromatic heterocycles. The van der Waals surface area contributed by atoms with E-state index < -0.39 is 123 Å². The SMILES string of the molecule is CCCCCCCCCCCCN[C@@H](CC(=O)OC[C@H]1O[C@@](CO)(O[C@H]2O[C@H](COC(=O)C[C@H](NCCCCCCCCCCCC)C(=O)[O-])[C@@H](O)[C@H](O)[C@H]2O)[C@@H](O)[C@@H]1O)C(=O)[O-].[Na+].[Na+]. The summed E-state index contributed by atoms with van der Waals surface area (Å²) in [7, 11) is 0. The van der Waals surface area contributed by atoms with E-state index in [4.69, 9.17) is 23.7 Å². The molecule has 0 aliphatic carbocycles. The Morgan fingerprint density at radius 2 is 0.954 bits per heavy atom. The Bertz CT molecular complexity index is 1290. The quantitative estimate of drug-likeness (QED) is 0.0163. The van der Waals surface area contributed by atoms with Gasteiger partial charge in [-0.2, -0.15) is 0 Å². The average molecular weight is 953 g/mol. The van der Waals surface area contributed by atoms with Crippen LogP contribution in [0.15, 0.2) is 0 Å². The van der Waals surface area contributed by atoms with Crippen LogP contribution in [0.5, 0.6) is 0 Å². The van der Waals surface area contributed by atoms with Gasteiger partial charge in [-0.1, -0.05) is 129 Å². The number of ether oxygens (including phenoxy) is 5. The van der Waals surface area contributed by atoms with Gasteiger partial charge in [0, 0.05) is 0 Å². The summed E-state index contributed by atoms with van der Waals surface area (Å²) in [6.45, 7) is 2.36. The van der Waals surface area contributed by atoms with Crippen LogP contribution in [0.3, 0.4) is 0 Å². The summed E-state index contributed by atoms with van der Waals surface area (Å²) >= 11 is 0. The number of carboxylic acids is 2. The maximum Gasteiger partial charge on any atom is 1.00 e. The van der Waals surface area contributed by atoms with E-state index in [-0.39, 0.29) is 59.1 Å². The van der Waals surface area contributed by atoms with Crippen molar-refractivity contribution >= 4 is 23.9 Å². The van der Waals surface area contributed by atoms with Crippen LogP contribution < -0.4 is 80.0 Å². The van der Waals surface area contributed by atoms with Crippen LogP contribution in [0.2, 0.25) is 0 Å². The van der Waals surface area contributed by atoms with Gasteiger partial charge in [0.05, 0.1) is 36.9 Å². The second-order valence-electron chi connectivity index (χ2n) is 17.0. The molecule has 21 heteroatoms. The number of nitrogens with one attached hydrogen (secondary N) is 2. The molecule has 2 aliphatic heterocycles. The third kappa shape index (κ3) is 24.7. The molecule has 2 aliphatic rings. The molecule has 0 saturated carbocycles. The number of aliphatic carboxylic acids is 2. The zero-order valence-electron chi connectivity index (χ0n) is 39.5. The maximum absolute atomic E-state index is 12.6. The van der Waals surface area contributed by atoms with E-state index in [9.17, 15) is 60.0 Å². The minimum atomic E-state index is -2.54. The Labute approximate surface area is 429 Å². The smallest absolute Gasteiger partial charge is 0.548 e. The molecule has 368 valence electrons. The van der Waals surface area contributed by atoms with Gasteiger partial charge in [0.2, 0.25) is 5.79 Å². The van der Waals surface area contributed by atoms with Gasteiger partial charge < -0.3 is 84.8 Å². The molecule has 2 rings (SSSR count). The zero-order valence-corrected chi connectivity index (χ0v) is 43.5. The molecule has 0 bridgehead atoms. The Kier molecular flexibility index (Phi) is 37.0. The van der Waals surface area contributed by atoms with Crippen molar-refractivity contribution in [3.05, 3.63) is 0 Å². The summed E-state index contributed by atoms with van der Waals surface area (Å²) in [5.74, 6) is -7.58. The molecule has 0 radical (unpaired) electrons. The number of aliphatic hydroxyl groups excluding tert-OH is 6. The first-order valence-electron chi connectivity index (χ1n) is 23.4. The monoisotopic (exact) mass is 953 g/mol. The van der Waals surface area contributed by atoms with Crippen molar-refractivity contribution in [1.29, 1.82) is 0 Å². The van der Waals surface area contributed by atoms with E-state index in [1.54, 1.807) is 0 Å². The third-order valence-electron chi connectivity index (χ3n) is 11.7. The summed E-state index contributed by atoms with van der Waals surface area (Å²) in [5.41, 5.74) is 0. The Balaban J connectivity index is 0.0000205. The molecule has 2 fully saturated rings. The molecular weight excluding hydrogens is 874 g/mol. The molecule has 2 heterocycles. The summed E-state index contributed by atoms with van der Waals surface area (Å²) in [5, 5.41) is 92.7. The predicted octanol–water partition coefficient (Wildman–Crippen LogP) is -6.25. The summed E-state index contributed by atoms with van der Waals surface area (Å²) in [6, 6.07) is -2.73. The fourth-order valence-electron chi connectivity index (χ4n) is 7.66. The average Bonchev–Trinajstić information content (AvgIpc) is 3.49. The van der Waals surface area contributed by atoms with Crippen molar-refractivity contribution in [3.8, 4) is 0 Å². The standard InChI is InChI=1S/C44H80N2O17.2Na/c1-3-5-7-9-11-13-15-17-19-21-23-45-30(41(55)56)25-34(48)59-27-32-36(50)38(52)39(53)43(61-32)63-44(29-47)40(54)37(51)33(62-44)28-60-35(49)26-31(42(57)58)46-24-22-20-18-16-14-12-10-8-6-4-2;;/h30-33,36-40,43,45-47,50-54H,3-29H2,1-2H3,(H,55,56)(H,57,58);;/q;2*+1/p-2/t30-,31-,32+,33+,36+,37+,38-,39+,40-,43+,44-;;/m0../s1. The van der Waals surface area contributed by atoms with Crippen LogP contribution in [0.25, 0.3) is 0 Å². The van der Waals surface area contributed by atoms with Crippen molar-refractivity contribution in [2.45, 2.75) is 222 Å². The van der Waals surface area contributed by atoms with Crippen LogP contribution in [-0.4, -0.2) is 154 Å². The van der Waals surface area contributed by atoms with Gasteiger partial charge in [-0.3, -0.25) is 9.59 Å². The number of hydrogen-bond acceptors (Lipinski definition) is 19. The fourth-order valence-corrected chi connectivity index (χ4v) is 7.66. The van der Waals surface area contributed by atoms with Crippen molar-refractivity contribution in [3.63, 3.8) is 0 Å². The number of esters is 2. The second kappa shape index (κ2) is 37.3. The summed E-state index contributed by atoms with van der Waals surface area (Å²) in [6.07, 6.45) is 5.82. The number of aliphatic hydroxyl groups is 6. The van der Waals surface area contributed by atoms with E-state index >= 15 is 0 Å². The number of carbonyl (C=O) groups excluding carboxylic acids is 4. The van der Waals surface area contributed by atoms with E-state index in [1.165, 1.54) is 64.2 Å². The van der Waals surface area contributed by atoms with Crippen LogP contribution >= 0.6 is 0 Å². The molecule has 19 nitrogen and oxygen atoms in total. The third-order valence-corrected chi connectivity index (χ3v) is 11.7. The molecule has 0 amide bonds. The number of rotatable bonds is 37. The normalized spacial score (nSPS) is 26.1. The predicted molar refractivity (Wildman–Crippen MR) is 223 cm³/mol. The van der Waals surface area contributed by atoms with Crippen LogP contribution in [-0.2, 0) is 42.9 Å². The summed E-state index contributed by atoms with van der Waals surface area (Å²) < 4.78 is 27.0. The Hall–Kier alpha value is -0.560. The van der Waals surface area contributed by atoms with Crippen molar-refractivity contribution in [1.82, 2.24) is 10.6 Å². The van der Waals surface area contributed by atoms with E-state index in [2.05, 4.69) is 24.5 Å². The largest absolute Gasteiger partial charge is 1.00 e. The molecule has 0 aromatic rings. The first-order valence-corrected chi connectivity index (χ1v) is 23.4.